The van der Waals surface area contributed by atoms with Crippen LogP contribution in [0.1, 0.15) is 33.6 Å². The van der Waals surface area contributed by atoms with Crippen LogP contribution in [-0.4, -0.2) is 35.5 Å². The van der Waals surface area contributed by atoms with Crippen LogP contribution in [-0.2, 0) is 9.53 Å². The Morgan fingerprint density at radius 2 is 2.00 bits per heavy atom. The number of rotatable bonds is 1. The van der Waals surface area contributed by atoms with Gasteiger partial charge in [-0.1, -0.05) is 0 Å². The zero-order valence-corrected chi connectivity index (χ0v) is 10.2. The third-order valence-corrected chi connectivity index (χ3v) is 3.02. The van der Waals surface area contributed by atoms with Crippen LogP contribution in [0.4, 0.5) is 4.79 Å². The van der Waals surface area contributed by atoms with Gasteiger partial charge in [0.2, 0.25) is 0 Å². The van der Waals surface area contributed by atoms with Crippen molar-refractivity contribution in [1.29, 1.82) is 0 Å². The molecule has 4 heteroatoms. The van der Waals surface area contributed by atoms with E-state index in [1.807, 2.05) is 20.8 Å². The molecule has 1 amide bonds. The monoisotopic (exact) mass is 225 g/mol. The minimum atomic E-state index is -0.488. The summed E-state index contributed by atoms with van der Waals surface area (Å²) in [5.41, 5.74) is -0.488. The Bertz CT molecular complexity index is 315. The quantitative estimate of drug-likeness (QED) is 0.684. The molecule has 1 heterocycles. The molecule has 2 aliphatic rings. The van der Waals surface area contributed by atoms with E-state index in [2.05, 4.69) is 0 Å². The van der Waals surface area contributed by atoms with Gasteiger partial charge in [0.05, 0.1) is 6.54 Å². The average molecular weight is 225 g/mol. The van der Waals surface area contributed by atoms with Gasteiger partial charge in [0.25, 0.3) is 0 Å². The van der Waals surface area contributed by atoms with Crippen molar-refractivity contribution in [2.75, 3.05) is 13.1 Å². The molecular weight excluding hydrogens is 206 g/mol. The number of hydrogen-bond acceptors (Lipinski definition) is 3. The maximum absolute atomic E-state index is 11.7. The summed E-state index contributed by atoms with van der Waals surface area (Å²) in [6.45, 7) is 6.29. The zero-order valence-electron chi connectivity index (χ0n) is 10.2. The molecule has 0 aromatic carbocycles. The van der Waals surface area contributed by atoms with Gasteiger partial charge in [-0.25, -0.2) is 4.79 Å². The highest BCUT2D eigenvalue weighted by Gasteiger charge is 2.43. The molecule has 0 bridgehead atoms. The third kappa shape index (κ3) is 2.54. The maximum atomic E-state index is 11.7. The van der Waals surface area contributed by atoms with E-state index in [4.69, 9.17) is 4.74 Å². The molecule has 16 heavy (non-hydrogen) atoms. The molecule has 90 valence electrons. The van der Waals surface area contributed by atoms with E-state index in [-0.39, 0.29) is 24.3 Å². The van der Waals surface area contributed by atoms with Crippen molar-refractivity contribution in [3.05, 3.63) is 0 Å². The molecule has 0 radical (unpaired) electrons. The Morgan fingerprint density at radius 3 is 2.50 bits per heavy atom. The standard InChI is InChI=1S/C12H19NO3/c1-12(2,3)16-11(15)13-6-9(8-4-5-8)10(14)7-13/h8-9H,4-7H2,1-3H3. The summed E-state index contributed by atoms with van der Waals surface area (Å²) < 4.78 is 5.25. The van der Waals surface area contributed by atoms with Gasteiger partial charge in [-0.15, -0.1) is 0 Å². The molecule has 4 nitrogen and oxygen atoms in total. The average Bonchev–Trinajstić information content (AvgIpc) is 2.87. The molecule has 0 spiro atoms. The molecule has 1 saturated heterocycles. The molecule has 2 fully saturated rings. The fraction of sp³-hybridized carbons (Fsp3) is 0.833. The van der Waals surface area contributed by atoms with Crippen LogP contribution < -0.4 is 0 Å². The first-order valence-electron chi connectivity index (χ1n) is 5.87. The Balaban J connectivity index is 1.92. The number of ketones is 1. The van der Waals surface area contributed by atoms with Crippen molar-refractivity contribution in [2.24, 2.45) is 11.8 Å². The number of carbonyl (C=O) groups excluding carboxylic acids is 2. The molecule has 0 N–H and O–H groups in total. The van der Waals surface area contributed by atoms with Gasteiger partial charge in [-0.3, -0.25) is 4.79 Å². The molecule has 1 atom stereocenters. The molecule has 1 saturated carbocycles. The number of ether oxygens (including phenoxy) is 1. The fourth-order valence-electron chi connectivity index (χ4n) is 2.09. The third-order valence-electron chi connectivity index (χ3n) is 3.02. The van der Waals surface area contributed by atoms with Gasteiger partial charge < -0.3 is 9.64 Å². The first-order chi connectivity index (χ1) is 7.37. The highest BCUT2D eigenvalue weighted by Crippen LogP contribution is 2.40. The number of carbonyl (C=O) groups is 2. The summed E-state index contributed by atoms with van der Waals surface area (Å²) in [5, 5.41) is 0. The summed E-state index contributed by atoms with van der Waals surface area (Å²) >= 11 is 0. The number of amides is 1. The van der Waals surface area contributed by atoms with Gasteiger partial charge in [0.15, 0.2) is 5.78 Å². The summed E-state index contributed by atoms with van der Waals surface area (Å²) in [4.78, 5) is 25.0. The predicted octanol–water partition coefficient (Wildman–Crippen LogP) is 1.83. The van der Waals surface area contributed by atoms with E-state index in [1.165, 1.54) is 4.90 Å². The Morgan fingerprint density at radius 1 is 1.38 bits per heavy atom. The summed E-state index contributed by atoms with van der Waals surface area (Å²) in [6, 6.07) is 0. The molecule has 1 unspecified atom stereocenters. The summed E-state index contributed by atoms with van der Waals surface area (Å²) in [7, 11) is 0. The summed E-state index contributed by atoms with van der Waals surface area (Å²) in [6.07, 6.45) is 1.92. The SMILES string of the molecule is CC(C)(C)OC(=O)N1CC(=O)C(C2CC2)C1. The Hall–Kier alpha value is -1.06. The lowest BCUT2D eigenvalue weighted by Gasteiger charge is -2.23. The van der Waals surface area contributed by atoms with Gasteiger partial charge in [0, 0.05) is 12.5 Å². The van der Waals surface area contributed by atoms with Gasteiger partial charge in [-0.05, 0) is 39.5 Å². The molecule has 1 aliphatic heterocycles. The van der Waals surface area contributed by atoms with Crippen LogP contribution in [0.3, 0.4) is 0 Å². The number of nitrogens with zero attached hydrogens (tertiary/aromatic N) is 1. The second kappa shape index (κ2) is 3.75. The van der Waals surface area contributed by atoms with Crippen molar-refractivity contribution in [1.82, 2.24) is 4.90 Å². The van der Waals surface area contributed by atoms with Gasteiger partial charge in [-0.2, -0.15) is 0 Å². The highest BCUT2D eigenvalue weighted by molar-refractivity contribution is 5.89. The molecular formula is C12H19NO3. The first kappa shape index (κ1) is 11.4. The van der Waals surface area contributed by atoms with Gasteiger partial charge >= 0.3 is 6.09 Å². The molecule has 2 rings (SSSR count). The van der Waals surface area contributed by atoms with E-state index in [0.717, 1.165) is 12.8 Å². The first-order valence-corrected chi connectivity index (χ1v) is 5.87. The Labute approximate surface area is 95.9 Å². The maximum Gasteiger partial charge on any atom is 0.410 e. The van der Waals surface area contributed by atoms with Crippen molar-refractivity contribution >= 4 is 11.9 Å². The molecule has 1 aliphatic carbocycles. The lowest BCUT2D eigenvalue weighted by Crippen LogP contribution is -2.35. The van der Waals surface area contributed by atoms with Crippen LogP contribution in [0, 0.1) is 11.8 Å². The number of likely N-dealkylation sites (tertiary alicyclic amines) is 1. The minimum absolute atomic E-state index is 0.0764. The van der Waals surface area contributed by atoms with Crippen LogP contribution in [0.15, 0.2) is 0 Å². The smallest absolute Gasteiger partial charge is 0.410 e. The van der Waals surface area contributed by atoms with Crippen molar-refractivity contribution in [3.63, 3.8) is 0 Å². The van der Waals surface area contributed by atoms with E-state index in [9.17, 15) is 9.59 Å². The largest absolute Gasteiger partial charge is 0.444 e. The van der Waals surface area contributed by atoms with E-state index < -0.39 is 5.60 Å². The lowest BCUT2D eigenvalue weighted by atomic mass is 10.0. The second-order valence-electron chi connectivity index (χ2n) is 5.77. The van der Waals surface area contributed by atoms with Crippen molar-refractivity contribution in [2.45, 2.75) is 39.2 Å². The minimum Gasteiger partial charge on any atom is -0.444 e. The van der Waals surface area contributed by atoms with E-state index in [0.29, 0.717) is 12.5 Å². The Kier molecular flexibility index (Phi) is 2.68. The van der Waals surface area contributed by atoms with E-state index >= 15 is 0 Å². The van der Waals surface area contributed by atoms with Gasteiger partial charge in [0.1, 0.15) is 5.60 Å². The lowest BCUT2D eigenvalue weighted by molar-refractivity contribution is -0.120. The normalized spacial score (nSPS) is 26.1. The van der Waals surface area contributed by atoms with Crippen LogP contribution in [0.25, 0.3) is 0 Å². The van der Waals surface area contributed by atoms with Crippen molar-refractivity contribution in [3.8, 4) is 0 Å². The van der Waals surface area contributed by atoms with Crippen molar-refractivity contribution < 1.29 is 14.3 Å². The summed E-state index contributed by atoms with van der Waals surface area (Å²) in [5.74, 6) is 0.806. The number of hydrogen-bond donors (Lipinski definition) is 0. The predicted molar refractivity (Wildman–Crippen MR) is 59.0 cm³/mol. The highest BCUT2D eigenvalue weighted by atomic mass is 16.6. The van der Waals surface area contributed by atoms with Crippen LogP contribution in [0.2, 0.25) is 0 Å². The number of Topliss-reactive ketones (excluding diaryl/α,β-unsaturated/α-hetero) is 1. The zero-order chi connectivity index (χ0) is 11.9. The van der Waals surface area contributed by atoms with Crippen LogP contribution in [0.5, 0.6) is 0 Å². The topological polar surface area (TPSA) is 46.6 Å². The van der Waals surface area contributed by atoms with E-state index in [1.54, 1.807) is 0 Å². The molecule has 0 aromatic heterocycles. The molecule has 0 aromatic rings. The second-order valence-corrected chi connectivity index (χ2v) is 5.77. The fourth-order valence-corrected chi connectivity index (χ4v) is 2.09. The van der Waals surface area contributed by atoms with Crippen LogP contribution >= 0.6 is 0 Å².